The van der Waals surface area contributed by atoms with Crippen molar-refractivity contribution in [1.82, 2.24) is 19.4 Å². The molecular weight excluding hydrogens is 468 g/mol. The average Bonchev–Trinajstić information content (AvgIpc) is 3.57. The van der Waals surface area contributed by atoms with E-state index in [9.17, 15) is 13.6 Å². The first-order valence-electron chi connectivity index (χ1n) is 12.3. The Bertz CT molecular complexity index is 1270. The number of carbonyl (C=O) groups excluding carboxylic acids is 1. The first-order valence-corrected chi connectivity index (χ1v) is 12.3. The number of hydrogen-bond acceptors (Lipinski definition) is 6. The largest absolute Gasteiger partial charge is 0.444 e. The van der Waals surface area contributed by atoms with Crippen LogP contribution in [0.1, 0.15) is 52.0 Å². The number of benzene rings is 1. The highest BCUT2D eigenvalue weighted by Crippen LogP contribution is 2.46. The second kappa shape index (κ2) is 9.22. The van der Waals surface area contributed by atoms with Crippen molar-refractivity contribution in [3.05, 3.63) is 42.4 Å². The molecule has 1 aliphatic heterocycles. The molecule has 0 radical (unpaired) electrons. The fourth-order valence-corrected chi connectivity index (χ4v) is 4.77. The molecule has 1 aromatic carbocycles. The summed E-state index contributed by atoms with van der Waals surface area (Å²) in [7, 11) is 0. The quantitative estimate of drug-likeness (QED) is 0.472. The van der Waals surface area contributed by atoms with Crippen molar-refractivity contribution in [2.24, 2.45) is 0 Å². The number of piperazine rings is 1. The second-order valence-corrected chi connectivity index (χ2v) is 10.5. The van der Waals surface area contributed by atoms with Crippen LogP contribution in [0.25, 0.3) is 16.7 Å². The molecular formula is C26H31F2N5O3. The van der Waals surface area contributed by atoms with Crippen LogP contribution in [0.15, 0.2) is 36.8 Å². The van der Waals surface area contributed by atoms with E-state index in [-0.39, 0.29) is 17.9 Å². The number of nitrogens with zero attached hydrogens (tertiary/aromatic N) is 5. The molecule has 0 N–H and O–H groups in total. The van der Waals surface area contributed by atoms with E-state index in [1.807, 2.05) is 37.6 Å². The molecule has 192 valence electrons. The molecule has 2 fully saturated rings. The number of rotatable bonds is 5. The van der Waals surface area contributed by atoms with Crippen LogP contribution < -0.4 is 9.64 Å². The third-order valence-corrected chi connectivity index (χ3v) is 6.48. The molecule has 1 amide bonds. The lowest BCUT2D eigenvalue weighted by Gasteiger charge is -2.41. The number of hydrogen-bond donors (Lipinski definition) is 0. The van der Waals surface area contributed by atoms with E-state index in [1.165, 1.54) is 12.4 Å². The van der Waals surface area contributed by atoms with Gasteiger partial charge in [-0.1, -0.05) is 6.07 Å². The second-order valence-electron chi connectivity index (χ2n) is 10.5. The Labute approximate surface area is 208 Å². The van der Waals surface area contributed by atoms with Gasteiger partial charge < -0.3 is 23.8 Å². The maximum absolute atomic E-state index is 12.8. The number of ether oxygens (including phenoxy) is 2. The smallest absolute Gasteiger partial charge is 0.410 e. The van der Waals surface area contributed by atoms with E-state index in [2.05, 4.69) is 26.5 Å². The fourth-order valence-electron chi connectivity index (χ4n) is 4.77. The molecule has 0 spiro atoms. The molecule has 1 aliphatic carbocycles. The Morgan fingerprint density at radius 2 is 1.94 bits per heavy atom. The first kappa shape index (κ1) is 24.3. The maximum Gasteiger partial charge on any atom is 0.410 e. The summed E-state index contributed by atoms with van der Waals surface area (Å²) in [6.07, 6.45) is 5.45. The minimum atomic E-state index is -2.89. The molecule has 3 heterocycles. The van der Waals surface area contributed by atoms with Crippen LogP contribution >= 0.6 is 0 Å². The molecule has 10 heteroatoms. The van der Waals surface area contributed by atoms with Crippen LogP contribution in [0, 0.1) is 0 Å². The molecule has 0 unspecified atom stereocenters. The Morgan fingerprint density at radius 1 is 1.17 bits per heavy atom. The molecule has 0 bridgehead atoms. The summed E-state index contributed by atoms with van der Waals surface area (Å²) >= 11 is 0. The number of aromatic nitrogens is 3. The number of carbonyl (C=O) groups is 1. The van der Waals surface area contributed by atoms with Crippen molar-refractivity contribution in [2.45, 2.75) is 64.7 Å². The van der Waals surface area contributed by atoms with Gasteiger partial charge in [0, 0.05) is 37.9 Å². The Balaban J connectivity index is 1.49. The van der Waals surface area contributed by atoms with Gasteiger partial charge >= 0.3 is 12.7 Å². The maximum atomic E-state index is 12.8. The van der Waals surface area contributed by atoms with Gasteiger partial charge in [0.2, 0.25) is 0 Å². The van der Waals surface area contributed by atoms with Gasteiger partial charge in [-0.3, -0.25) is 0 Å². The third-order valence-electron chi connectivity index (χ3n) is 6.48. The van der Waals surface area contributed by atoms with Crippen LogP contribution in [0.5, 0.6) is 5.75 Å². The topological polar surface area (TPSA) is 72.7 Å². The zero-order valence-corrected chi connectivity index (χ0v) is 20.9. The standard InChI is InChI=1S/C26H31F2N5O3/c1-16-13-31(25(34)36-26(2,3)4)10-11-32(16)22-21-20(17-8-9-17)14-33(23(21)30-15-29-22)18-6-5-7-19(12-18)35-24(27)28/h5-7,12,14-17,24H,8-11,13H2,1-4H3/t16-/m1/s1. The van der Waals surface area contributed by atoms with Gasteiger partial charge in [0.1, 0.15) is 29.1 Å². The normalized spacial score (nSPS) is 18.7. The van der Waals surface area contributed by atoms with Gasteiger partial charge in [0.15, 0.2) is 0 Å². The van der Waals surface area contributed by atoms with Gasteiger partial charge in [-0.2, -0.15) is 8.78 Å². The number of amides is 1. The Morgan fingerprint density at radius 3 is 2.61 bits per heavy atom. The highest BCUT2D eigenvalue weighted by atomic mass is 19.3. The van der Waals surface area contributed by atoms with Gasteiger partial charge in [-0.05, 0) is 64.2 Å². The van der Waals surface area contributed by atoms with E-state index in [0.29, 0.717) is 31.2 Å². The van der Waals surface area contributed by atoms with Gasteiger partial charge in [-0.15, -0.1) is 0 Å². The van der Waals surface area contributed by atoms with Crippen LogP contribution in [0.4, 0.5) is 19.4 Å². The van der Waals surface area contributed by atoms with Crippen molar-refractivity contribution in [2.75, 3.05) is 24.5 Å². The van der Waals surface area contributed by atoms with E-state index in [1.54, 1.807) is 17.0 Å². The number of halogens is 2. The summed E-state index contributed by atoms with van der Waals surface area (Å²) < 4.78 is 37.7. The summed E-state index contributed by atoms with van der Waals surface area (Å²) in [5.74, 6) is 1.34. The van der Waals surface area contributed by atoms with Crippen LogP contribution in [0.2, 0.25) is 0 Å². The van der Waals surface area contributed by atoms with Crippen molar-refractivity contribution in [1.29, 1.82) is 0 Å². The zero-order chi connectivity index (χ0) is 25.6. The molecule has 1 atom stereocenters. The SMILES string of the molecule is C[C@@H]1CN(C(=O)OC(C)(C)C)CCN1c1ncnc2c1c(C1CC1)cn2-c1cccc(OC(F)F)c1. The van der Waals surface area contributed by atoms with Crippen molar-refractivity contribution in [3.8, 4) is 11.4 Å². The zero-order valence-electron chi connectivity index (χ0n) is 20.9. The molecule has 2 aliphatic rings. The van der Waals surface area contributed by atoms with Gasteiger partial charge in [0.25, 0.3) is 0 Å². The third kappa shape index (κ3) is 4.94. The van der Waals surface area contributed by atoms with Gasteiger partial charge in [-0.25, -0.2) is 14.8 Å². The molecule has 3 aromatic rings. The van der Waals surface area contributed by atoms with E-state index >= 15 is 0 Å². The molecule has 5 rings (SSSR count). The van der Waals surface area contributed by atoms with Crippen molar-refractivity contribution in [3.63, 3.8) is 0 Å². The highest BCUT2D eigenvalue weighted by molar-refractivity contribution is 5.93. The number of anilines is 1. The van der Waals surface area contributed by atoms with E-state index in [0.717, 1.165) is 35.3 Å². The minimum Gasteiger partial charge on any atom is -0.444 e. The van der Waals surface area contributed by atoms with Crippen LogP contribution in [-0.2, 0) is 4.74 Å². The van der Waals surface area contributed by atoms with Crippen LogP contribution in [-0.4, -0.2) is 63.4 Å². The van der Waals surface area contributed by atoms with Crippen molar-refractivity contribution >= 4 is 22.9 Å². The lowest BCUT2D eigenvalue weighted by Crippen LogP contribution is -2.54. The Hall–Kier alpha value is -3.43. The summed E-state index contributed by atoms with van der Waals surface area (Å²) in [4.78, 5) is 25.9. The van der Waals surface area contributed by atoms with Crippen molar-refractivity contribution < 1.29 is 23.0 Å². The molecule has 36 heavy (non-hydrogen) atoms. The number of alkyl halides is 2. The van der Waals surface area contributed by atoms with Crippen LogP contribution in [0.3, 0.4) is 0 Å². The summed E-state index contributed by atoms with van der Waals surface area (Å²) in [5.41, 5.74) is 2.02. The summed E-state index contributed by atoms with van der Waals surface area (Å²) in [5, 5.41) is 0.970. The Kier molecular flexibility index (Phi) is 6.22. The molecule has 1 saturated carbocycles. The first-order chi connectivity index (χ1) is 17.1. The fraction of sp³-hybridized carbons (Fsp3) is 0.500. The predicted molar refractivity (Wildman–Crippen MR) is 132 cm³/mol. The predicted octanol–water partition coefficient (Wildman–Crippen LogP) is 5.34. The molecule has 2 aromatic heterocycles. The minimum absolute atomic E-state index is 0.0162. The number of fused-ring (bicyclic) bond motifs is 1. The lowest BCUT2D eigenvalue weighted by atomic mass is 10.1. The molecule has 1 saturated heterocycles. The lowest BCUT2D eigenvalue weighted by molar-refractivity contribution is -0.0498. The summed E-state index contributed by atoms with van der Waals surface area (Å²) in [6, 6.07) is 6.65. The summed E-state index contributed by atoms with van der Waals surface area (Å²) in [6.45, 7) is 6.43. The average molecular weight is 500 g/mol. The molecule has 8 nitrogen and oxygen atoms in total. The van der Waals surface area contributed by atoms with Gasteiger partial charge in [0.05, 0.1) is 11.1 Å². The van der Waals surface area contributed by atoms with E-state index < -0.39 is 12.2 Å². The monoisotopic (exact) mass is 499 g/mol. The van der Waals surface area contributed by atoms with E-state index in [4.69, 9.17) is 4.74 Å². The highest BCUT2D eigenvalue weighted by Gasteiger charge is 2.34.